The fourth-order valence-electron chi connectivity index (χ4n) is 3.44. The van der Waals surface area contributed by atoms with Crippen molar-refractivity contribution in [1.29, 1.82) is 0 Å². The quantitative estimate of drug-likeness (QED) is 0.774. The Morgan fingerprint density at radius 3 is 3.00 bits per heavy atom. The van der Waals surface area contributed by atoms with Crippen molar-refractivity contribution in [3.63, 3.8) is 0 Å². The van der Waals surface area contributed by atoms with Gasteiger partial charge in [0.15, 0.2) is 0 Å². The van der Waals surface area contributed by atoms with Gasteiger partial charge in [-0.05, 0) is 38.1 Å². The summed E-state index contributed by atoms with van der Waals surface area (Å²) < 4.78 is 0. The van der Waals surface area contributed by atoms with Gasteiger partial charge in [0.05, 0.1) is 0 Å². The minimum absolute atomic E-state index is 0.0484. The lowest BCUT2D eigenvalue weighted by Gasteiger charge is -2.26. The molecular weight excluding hydrogens is 246 g/mol. The van der Waals surface area contributed by atoms with E-state index < -0.39 is 0 Å². The summed E-state index contributed by atoms with van der Waals surface area (Å²) in [6, 6.07) is 1.33. The molecule has 18 heavy (non-hydrogen) atoms. The number of thiazole rings is 1. The molecule has 0 spiro atoms. The molecule has 3 unspecified atom stereocenters. The van der Waals surface area contributed by atoms with Crippen LogP contribution in [0.5, 0.6) is 0 Å². The van der Waals surface area contributed by atoms with Crippen LogP contribution in [0.15, 0.2) is 10.2 Å². The first-order valence-corrected chi connectivity index (χ1v) is 7.84. The molecule has 3 rings (SSSR count). The molecule has 3 atom stereocenters. The van der Waals surface area contributed by atoms with Crippen molar-refractivity contribution >= 4 is 11.3 Å². The predicted octanol–water partition coefficient (Wildman–Crippen LogP) is 1.45. The molecule has 2 heterocycles. The molecule has 100 valence electrons. The summed E-state index contributed by atoms with van der Waals surface area (Å²) in [5.41, 5.74) is 1.02. The lowest BCUT2D eigenvalue weighted by Crippen LogP contribution is -2.41. The predicted molar refractivity (Wildman–Crippen MR) is 73.9 cm³/mol. The topological polar surface area (TPSA) is 56.9 Å². The number of hydrogen-bond acceptors (Lipinski definition) is 4. The molecule has 2 aliphatic rings. The van der Waals surface area contributed by atoms with Crippen molar-refractivity contribution in [3.05, 3.63) is 20.7 Å². The molecular formula is C13H21N3OS. The molecule has 1 aliphatic carbocycles. The Hall–Kier alpha value is -0.650. The first-order valence-electron chi connectivity index (χ1n) is 6.96. The van der Waals surface area contributed by atoms with Crippen LogP contribution in [0.4, 0.5) is 0 Å². The van der Waals surface area contributed by atoms with E-state index in [9.17, 15) is 4.79 Å². The van der Waals surface area contributed by atoms with Gasteiger partial charge in [0.1, 0.15) is 0 Å². The smallest absolute Gasteiger partial charge is 0.304 e. The first kappa shape index (κ1) is 12.4. The van der Waals surface area contributed by atoms with Crippen molar-refractivity contribution < 1.29 is 0 Å². The van der Waals surface area contributed by atoms with Gasteiger partial charge in [-0.15, -0.1) is 0 Å². The third-order valence-corrected chi connectivity index (χ3v) is 5.03. The van der Waals surface area contributed by atoms with Gasteiger partial charge >= 0.3 is 4.87 Å². The van der Waals surface area contributed by atoms with Gasteiger partial charge in [0.25, 0.3) is 0 Å². The number of nitrogens with one attached hydrogen (secondary N) is 3. The molecule has 1 saturated carbocycles. The Kier molecular flexibility index (Phi) is 3.82. The van der Waals surface area contributed by atoms with Crippen molar-refractivity contribution in [2.45, 2.75) is 50.7 Å². The van der Waals surface area contributed by atoms with Crippen LogP contribution in [-0.2, 0) is 6.54 Å². The summed E-state index contributed by atoms with van der Waals surface area (Å²) in [4.78, 5) is 14.0. The lowest BCUT2D eigenvalue weighted by molar-refractivity contribution is 0.319. The van der Waals surface area contributed by atoms with Crippen LogP contribution in [0.3, 0.4) is 0 Å². The molecule has 0 aromatic carbocycles. The normalized spacial score (nSPS) is 32.1. The monoisotopic (exact) mass is 267 g/mol. The van der Waals surface area contributed by atoms with E-state index >= 15 is 0 Å². The van der Waals surface area contributed by atoms with Crippen LogP contribution in [0, 0.1) is 5.92 Å². The Bertz CT molecular complexity index is 435. The zero-order chi connectivity index (χ0) is 12.4. The fraction of sp³-hybridized carbons (Fsp3) is 0.769. The summed E-state index contributed by atoms with van der Waals surface area (Å²) in [7, 11) is 0. The summed E-state index contributed by atoms with van der Waals surface area (Å²) >= 11 is 1.25. The van der Waals surface area contributed by atoms with E-state index in [4.69, 9.17) is 0 Å². The summed E-state index contributed by atoms with van der Waals surface area (Å²) in [5.74, 6) is 0.776. The molecule has 2 fully saturated rings. The van der Waals surface area contributed by atoms with Gasteiger partial charge in [-0.3, -0.25) is 4.79 Å². The Balaban J connectivity index is 1.56. The highest BCUT2D eigenvalue weighted by molar-refractivity contribution is 7.07. The van der Waals surface area contributed by atoms with E-state index in [0.717, 1.165) is 18.2 Å². The van der Waals surface area contributed by atoms with E-state index in [2.05, 4.69) is 15.6 Å². The third kappa shape index (κ3) is 2.68. The fourth-order valence-corrected chi connectivity index (χ4v) is 4.02. The molecule has 4 nitrogen and oxygen atoms in total. The number of aromatic nitrogens is 1. The van der Waals surface area contributed by atoms with E-state index in [1.165, 1.54) is 50.0 Å². The Morgan fingerprint density at radius 2 is 2.28 bits per heavy atom. The molecule has 0 amide bonds. The number of aromatic amines is 1. The summed E-state index contributed by atoms with van der Waals surface area (Å²) in [5, 5.41) is 9.19. The molecule has 0 bridgehead atoms. The van der Waals surface area contributed by atoms with Crippen LogP contribution in [-0.4, -0.2) is 23.6 Å². The van der Waals surface area contributed by atoms with E-state index in [-0.39, 0.29) is 4.87 Å². The second kappa shape index (κ2) is 5.55. The van der Waals surface area contributed by atoms with E-state index in [0.29, 0.717) is 12.1 Å². The van der Waals surface area contributed by atoms with Crippen LogP contribution in [0.1, 0.15) is 37.8 Å². The molecule has 1 saturated heterocycles. The zero-order valence-electron chi connectivity index (χ0n) is 10.6. The number of H-pyrrole nitrogens is 1. The van der Waals surface area contributed by atoms with Crippen LogP contribution >= 0.6 is 11.3 Å². The second-order valence-corrected chi connectivity index (χ2v) is 6.30. The van der Waals surface area contributed by atoms with Crippen molar-refractivity contribution in [2.75, 3.05) is 6.54 Å². The third-order valence-electron chi connectivity index (χ3n) is 4.31. The van der Waals surface area contributed by atoms with Crippen LogP contribution in [0.2, 0.25) is 0 Å². The molecule has 1 aromatic heterocycles. The van der Waals surface area contributed by atoms with Crippen LogP contribution < -0.4 is 15.5 Å². The minimum atomic E-state index is 0.0484. The van der Waals surface area contributed by atoms with Crippen LogP contribution in [0.25, 0.3) is 0 Å². The number of rotatable bonds is 4. The maximum Gasteiger partial charge on any atom is 0.304 e. The van der Waals surface area contributed by atoms with Gasteiger partial charge in [-0.2, -0.15) is 0 Å². The van der Waals surface area contributed by atoms with Gasteiger partial charge in [0, 0.05) is 29.7 Å². The van der Waals surface area contributed by atoms with Crippen molar-refractivity contribution in [3.8, 4) is 0 Å². The van der Waals surface area contributed by atoms with E-state index in [1.807, 2.05) is 5.38 Å². The lowest BCUT2D eigenvalue weighted by atomic mass is 9.93. The Morgan fingerprint density at radius 1 is 1.33 bits per heavy atom. The highest BCUT2D eigenvalue weighted by Gasteiger charge is 2.34. The second-order valence-electron chi connectivity index (χ2n) is 5.46. The van der Waals surface area contributed by atoms with Gasteiger partial charge in [-0.1, -0.05) is 17.8 Å². The zero-order valence-corrected chi connectivity index (χ0v) is 11.4. The minimum Gasteiger partial charge on any atom is -0.315 e. The molecule has 5 heteroatoms. The van der Waals surface area contributed by atoms with E-state index in [1.54, 1.807) is 0 Å². The Labute approximate surface area is 111 Å². The standard InChI is InChI=1S/C13H21N3OS/c17-13-16-9(8-18-13)7-15-12-4-1-3-10(12)11-5-2-6-14-11/h8,10-12,14-15H,1-7H2,(H,16,17). The highest BCUT2D eigenvalue weighted by Crippen LogP contribution is 2.32. The molecule has 1 aromatic rings. The number of hydrogen-bond donors (Lipinski definition) is 3. The average molecular weight is 267 g/mol. The largest absolute Gasteiger partial charge is 0.315 e. The summed E-state index contributed by atoms with van der Waals surface area (Å²) in [6.45, 7) is 1.98. The SMILES string of the molecule is O=c1[nH]c(CNC2CCCC2C2CCCN2)cs1. The van der Waals surface area contributed by atoms with Crippen molar-refractivity contribution in [1.82, 2.24) is 15.6 Å². The molecule has 0 radical (unpaired) electrons. The average Bonchev–Trinajstić information content (AvgIpc) is 3.07. The first-order chi connectivity index (χ1) is 8.83. The maximum absolute atomic E-state index is 11.1. The highest BCUT2D eigenvalue weighted by atomic mass is 32.1. The molecule has 1 aliphatic heterocycles. The van der Waals surface area contributed by atoms with Gasteiger partial charge in [-0.25, -0.2) is 0 Å². The van der Waals surface area contributed by atoms with Crippen molar-refractivity contribution in [2.24, 2.45) is 5.92 Å². The maximum atomic E-state index is 11.1. The van der Waals surface area contributed by atoms with Gasteiger partial charge < -0.3 is 15.6 Å². The van der Waals surface area contributed by atoms with Gasteiger partial charge in [0.2, 0.25) is 0 Å². The summed E-state index contributed by atoms with van der Waals surface area (Å²) in [6.07, 6.45) is 6.61. The molecule has 3 N–H and O–H groups in total.